The van der Waals surface area contributed by atoms with Crippen LogP contribution in [0.5, 0.6) is 0 Å². The number of likely N-dealkylation sites (N-methyl/N-ethyl adjacent to an activating group) is 1. The number of amides is 2. The highest BCUT2D eigenvalue weighted by Crippen LogP contribution is 2.23. The van der Waals surface area contributed by atoms with Gasteiger partial charge in [-0.2, -0.15) is 5.26 Å². The largest absolute Gasteiger partial charge is 0.461 e. The maximum atomic E-state index is 13.4. The number of anilines is 1. The Balaban J connectivity index is 1.46. The minimum atomic E-state index is -0.715. The van der Waals surface area contributed by atoms with E-state index in [0.29, 0.717) is 30.2 Å². The molecule has 0 bridgehead atoms. The fourth-order valence-electron chi connectivity index (χ4n) is 4.31. The SMILES string of the molecule is Cc1cc2cc(NC(=NC3CCCCN(CC(=O)N(C)Cc4ccccc4Cl)C3=O)NC#N)ccc2o1. The van der Waals surface area contributed by atoms with Gasteiger partial charge in [0.15, 0.2) is 6.19 Å². The van der Waals surface area contributed by atoms with Crippen LogP contribution >= 0.6 is 11.6 Å². The fraction of sp³-hybridized carbons (Fsp3) is 0.333. The Hall–Kier alpha value is -4.03. The molecule has 2 aromatic carbocycles. The molecular weight excluding hydrogens is 492 g/mol. The Morgan fingerprint density at radius 3 is 2.86 bits per heavy atom. The molecule has 1 unspecified atom stereocenters. The van der Waals surface area contributed by atoms with Gasteiger partial charge < -0.3 is 19.5 Å². The first-order chi connectivity index (χ1) is 17.8. The number of carbonyl (C=O) groups excluding carboxylic acids is 2. The van der Waals surface area contributed by atoms with Crippen molar-refractivity contribution < 1.29 is 14.0 Å². The molecule has 2 N–H and O–H groups in total. The normalized spacial score (nSPS) is 16.3. The minimum absolute atomic E-state index is 0.0449. The number of likely N-dealkylation sites (tertiary alicyclic amines) is 1. The van der Waals surface area contributed by atoms with E-state index in [4.69, 9.17) is 16.0 Å². The van der Waals surface area contributed by atoms with Crippen molar-refractivity contribution in [1.82, 2.24) is 15.1 Å². The molecule has 3 aromatic rings. The highest BCUT2D eigenvalue weighted by atomic mass is 35.5. The number of halogens is 1. The number of aryl methyl sites for hydroxylation is 1. The zero-order valence-electron chi connectivity index (χ0n) is 20.8. The van der Waals surface area contributed by atoms with Crippen LogP contribution in [0.2, 0.25) is 5.02 Å². The molecule has 192 valence electrons. The summed E-state index contributed by atoms with van der Waals surface area (Å²) in [5.41, 5.74) is 2.30. The van der Waals surface area contributed by atoms with E-state index in [9.17, 15) is 14.9 Å². The summed E-state index contributed by atoms with van der Waals surface area (Å²) in [4.78, 5) is 34.0. The van der Waals surface area contributed by atoms with Crippen molar-refractivity contribution in [2.75, 3.05) is 25.5 Å². The number of fused-ring (bicyclic) bond motifs is 1. The van der Waals surface area contributed by atoms with E-state index >= 15 is 0 Å². The molecule has 4 rings (SSSR count). The third kappa shape index (κ3) is 6.60. The molecule has 0 aliphatic carbocycles. The lowest BCUT2D eigenvalue weighted by molar-refractivity contribution is -0.140. The van der Waals surface area contributed by atoms with E-state index in [-0.39, 0.29) is 24.3 Å². The summed E-state index contributed by atoms with van der Waals surface area (Å²) < 4.78 is 5.61. The number of carbonyl (C=O) groups is 2. The number of nitrogens with one attached hydrogen (secondary N) is 2. The van der Waals surface area contributed by atoms with E-state index in [2.05, 4.69) is 15.6 Å². The van der Waals surface area contributed by atoms with E-state index in [1.54, 1.807) is 22.9 Å². The third-order valence-corrected chi connectivity index (χ3v) is 6.60. The van der Waals surface area contributed by atoms with Crippen LogP contribution in [0.1, 0.15) is 30.6 Å². The number of nitriles is 1. The lowest BCUT2D eigenvalue weighted by atomic mass is 10.1. The van der Waals surface area contributed by atoms with Gasteiger partial charge in [-0.25, -0.2) is 4.99 Å². The number of nitrogens with zero attached hydrogens (tertiary/aromatic N) is 4. The van der Waals surface area contributed by atoms with Crippen LogP contribution in [0.3, 0.4) is 0 Å². The van der Waals surface area contributed by atoms with Gasteiger partial charge in [0.2, 0.25) is 17.8 Å². The minimum Gasteiger partial charge on any atom is -0.461 e. The molecule has 1 saturated heterocycles. The number of benzene rings is 2. The molecule has 0 radical (unpaired) electrons. The Kier molecular flexibility index (Phi) is 8.31. The van der Waals surface area contributed by atoms with Crippen LogP contribution in [0.15, 0.2) is 57.9 Å². The standard InChI is InChI=1S/C27H29ClN6O3/c1-18-13-20-14-21(10-11-24(20)37-18)31-27(30-17-29)32-23-9-5-6-12-34(26(23)36)16-25(35)33(2)15-19-7-3-4-8-22(19)28/h3-4,7-8,10-11,13-14,23H,5-6,9,12,15-16H2,1-2H3,(H2,30,31,32). The highest BCUT2D eigenvalue weighted by Gasteiger charge is 2.29. The maximum Gasteiger partial charge on any atom is 0.247 e. The Labute approximate surface area is 220 Å². The summed E-state index contributed by atoms with van der Waals surface area (Å²) in [6.45, 7) is 2.65. The highest BCUT2D eigenvalue weighted by molar-refractivity contribution is 6.31. The maximum absolute atomic E-state index is 13.4. The van der Waals surface area contributed by atoms with E-state index in [1.165, 1.54) is 0 Å². The fourth-order valence-corrected chi connectivity index (χ4v) is 4.51. The lowest BCUT2D eigenvalue weighted by Crippen LogP contribution is -2.45. The lowest BCUT2D eigenvalue weighted by Gasteiger charge is -2.26. The van der Waals surface area contributed by atoms with Crippen LogP contribution < -0.4 is 10.6 Å². The molecular formula is C27H29ClN6O3. The molecule has 0 spiro atoms. The first kappa shape index (κ1) is 26.0. The molecule has 2 amide bonds. The van der Waals surface area contributed by atoms with Crippen molar-refractivity contribution in [2.24, 2.45) is 4.99 Å². The van der Waals surface area contributed by atoms with Gasteiger partial charge in [-0.05, 0) is 62.1 Å². The average molecular weight is 521 g/mol. The molecule has 0 saturated carbocycles. The Morgan fingerprint density at radius 2 is 2.08 bits per heavy atom. The molecule has 1 fully saturated rings. The first-order valence-corrected chi connectivity index (χ1v) is 12.5. The summed E-state index contributed by atoms with van der Waals surface area (Å²) in [7, 11) is 1.70. The van der Waals surface area contributed by atoms with Crippen molar-refractivity contribution in [3.63, 3.8) is 0 Å². The van der Waals surface area contributed by atoms with Crippen molar-refractivity contribution in [2.45, 2.75) is 38.8 Å². The predicted octanol–water partition coefficient (Wildman–Crippen LogP) is 4.27. The van der Waals surface area contributed by atoms with Gasteiger partial charge in [-0.15, -0.1) is 0 Å². The van der Waals surface area contributed by atoms with Gasteiger partial charge in [-0.3, -0.25) is 14.9 Å². The quantitative estimate of drug-likeness (QED) is 0.217. The summed E-state index contributed by atoms with van der Waals surface area (Å²) in [6, 6.07) is 14.1. The molecule has 37 heavy (non-hydrogen) atoms. The molecule has 1 atom stereocenters. The molecule has 2 heterocycles. The zero-order valence-corrected chi connectivity index (χ0v) is 21.6. The van der Waals surface area contributed by atoms with Crippen LogP contribution in [0.4, 0.5) is 5.69 Å². The number of hydrogen-bond donors (Lipinski definition) is 2. The number of hydrogen-bond acceptors (Lipinski definition) is 5. The van der Waals surface area contributed by atoms with Crippen molar-refractivity contribution >= 4 is 46.0 Å². The molecule has 10 heteroatoms. The molecule has 1 aliphatic heterocycles. The Morgan fingerprint density at radius 1 is 1.27 bits per heavy atom. The zero-order chi connectivity index (χ0) is 26.4. The second-order valence-corrected chi connectivity index (χ2v) is 9.47. The second kappa shape index (κ2) is 11.8. The number of rotatable bonds is 6. The summed E-state index contributed by atoms with van der Waals surface area (Å²) >= 11 is 6.23. The molecule has 9 nitrogen and oxygen atoms in total. The number of aliphatic imine (C=N–C) groups is 1. The van der Waals surface area contributed by atoms with Crippen molar-refractivity contribution in [3.8, 4) is 6.19 Å². The third-order valence-electron chi connectivity index (χ3n) is 6.23. The van der Waals surface area contributed by atoms with E-state index in [1.807, 2.05) is 55.6 Å². The van der Waals surface area contributed by atoms with Crippen LogP contribution in [0.25, 0.3) is 11.0 Å². The molecule has 1 aliphatic rings. The van der Waals surface area contributed by atoms with Crippen LogP contribution in [-0.2, 0) is 16.1 Å². The van der Waals surface area contributed by atoms with Gasteiger partial charge in [0.05, 0.1) is 6.54 Å². The van der Waals surface area contributed by atoms with E-state index in [0.717, 1.165) is 35.1 Å². The molecule has 1 aromatic heterocycles. The monoisotopic (exact) mass is 520 g/mol. The predicted molar refractivity (Wildman–Crippen MR) is 143 cm³/mol. The number of furan rings is 1. The topological polar surface area (TPSA) is 114 Å². The Bertz CT molecular complexity index is 1360. The van der Waals surface area contributed by atoms with Crippen molar-refractivity contribution in [3.05, 3.63) is 64.9 Å². The van der Waals surface area contributed by atoms with Crippen LogP contribution in [-0.4, -0.2) is 53.8 Å². The van der Waals surface area contributed by atoms with E-state index < -0.39 is 6.04 Å². The second-order valence-electron chi connectivity index (χ2n) is 9.06. The van der Waals surface area contributed by atoms with Gasteiger partial charge >= 0.3 is 0 Å². The first-order valence-electron chi connectivity index (χ1n) is 12.1. The van der Waals surface area contributed by atoms with Gasteiger partial charge in [0, 0.05) is 36.2 Å². The van der Waals surface area contributed by atoms with Crippen LogP contribution in [0, 0.1) is 18.4 Å². The summed E-state index contributed by atoms with van der Waals surface area (Å²) in [6.07, 6.45) is 3.95. The summed E-state index contributed by atoms with van der Waals surface area (Å²) in [5.74, 6) is 0.545. The van der Waals surface area contributed by atoms with Gasteiger partial charge in [0.1, 0.15) is 17.4 Å². The van der Waals surface area contributed by atoms with Gasteiger partial charge in [0.25, 0.3) is 0 Å². The van der Waals surface area contributed by atoms with Gasteiger partial charge in [-0.1, -0.05) is 29.8 Å². The smallest absolute Gasteiger partial charge is 0.247 e. The number of guanidine groups is 1. The van der Waals surface area contributed by atoms with Crippen molar-refractivity contribution in [1.29, 1.82) is 5.26 Å². The summed E-state index contributed by atoms with van der Waals surface area (Å²) in [5, 5.41) is 16.4. The average Bonchev–Trinajstić information content (AvgIpc) is 3.16.